The lowest BCUT2D eigenvalue weighted by atomic mass is 9.96. The van der Waals surface area contributed by atoms with Gasteiger partial charge < -0.3 is 15.7 Å². The van der Waals surface area contributed by atoms with E-state index in [2.05, 4.69) is 10.6 Å². The minimum absolute atomic E-state index is 0.0284. The second-order valence-electron chi connectivity index (χ2n) is 5.73. The summed E-state index contributed by atoms with van der Waals surface area (Å²) in [5.41, 5.74) is 1.30. The predicted octanol–water partition coefficient (Wildman–Crippen LogP) is 2.83. The SMILES string of the molecule is CCC(CCO)NC(=O)NCC1(c2ccc(Cl)cc2)CC1. The molecule has 1 saturated carbocycles. The summed E-state index contributed by atoms with van der Waals surface area (Å²) in [6.45, 7) is 2.72. The van der Waals surface area contributed by atoms with Crippen molar-refractivity contribution in [3.05, 3.63) is 34.9 Å². The van der Waals surface area contributed by atoms with Crippen LogP contribution in [0.4, 0.5) is 4.79 Å². The first-order chi connectivity index (χ1) is 10.1. The molecule has 1 atom stereocenters. The molecule has 1 unspecified atom stereocenters. The van der Waals surface area contributed by atoms with Crippen LogP contribution in [-0.2, 0) is 5.41 Å². The Labute approximate surface area is 130 Å². The first kappa shape index (κ1) is 16.1. The summed E-state index contributed by atoms with van der Waals surface area (Å²) >= 11 is 5.91. The molecule has 0 heterocycles. The van der Waals surface area contributed by atoms with E-state index in [-0.39, 0.29) is 24.1 Å². The second-order valence-corrected chi connectivity index (χ2v) is 6.17. The van der Waals surface area contributed by atoms with E-state index in [1.165, 1.54) is 5.56 Å². The van der Waals surface area contributed by atoms with E-state index in [1.807, 2.05) is 31.2 Å². The summed E-state index contributed by atoms with van der Waals surface area (Å²) < 4.78 is 0. The standard InChI is InChI=1S/C16H23ClN2O2/c1-2-14(7-10-20)19-15(21)18-11-16(8-9-16)12-3-5-13(17)6-4-12/h3-6,14,20H,2,7-11H2,1H3,(H2,18,19,21). The highest BCUT2D eigenvalue weighted by Crippen LogP contribution is 2.47. The van der Waals surface area contributed by atoms with Crippen molar-refractivity contribution in [2.24, 2.45) is 0 Å². The van der Waals surface area contributed by atoms with Crippen molar-refractivity contribution in [1.29, 1.82) is 0 Å². The number of benzene rings is 1. The van der Waals surface area contributed by atoms with Crippen LogP contribution in [0.25, 0.3) is 0 Å². The molecule has 21 heavy (non-hydrogen) atoms. The summed E-state index contributed by atoms with van der Waals surface area (Å²) in [4.78, 5) is 11.9. The highest BCUT2D eigenvalue weighted by atomic mass is 35.5. The molecule has 1 aliphatic carbocycles. The average molecular weight is 311 g/mol. The van der Waals surface area contributed by atoms with Crippen LogP contribution in [0.5, 0.6) is 0 Å². The zero-order valence-electron chi connectivity index (χ0n) is 12.4. The lowest BCUT2D eigenvalue weighted by Gasteiger charge is -2.20. The number of aliphatic hydroxyl groups is 1. The molecule has 0 radical (unpaired) electrons. The monoisotopic (exact) mass is 310 g/mol. The van der Waals surface area contributed by atoms with Gasteiger partial charge in [0.25, 0.3) is 0 Å². The highest BCUT2D eigenvalue weighted by molar-refractivity contribution is 6.30. The Kier molecular flexibility index (Phi) is 5.48. The van der Waals surface area contributed by atoms with Gasteiger partial charge in [0.1, 0.15) is 0 Å². The molecule has 0 saturated heterocycles. The van der Waals surface area contributed by atoms with Gasteiger partial charge in [-0.1, -0.05) is 30.7 Å². The van der Waals surface area contributed by atoms with E-state index in [4.69, 9.17) is 16.7 Å². The second kappa shape index (κ2) is 7.14. The molecule has 3 N–H and O–H groups in total. The lowest BCUT2D eigenvalue weighted by Crippen LogP contribution is -2.44. The van der Waals surface area contributed by atoms with Crippen LogP contribution in [0.2, 0.25) is 5.02 Å². The van der Waals surface area contributed by atoms with Crippen LogP contribution in [0.1, 0.15) is 38.2 Å². The molecule has 0 aromatic heterocycles. The Morgan fingerprint density at radius 1 is 1.38 bits per heavy atom. The molecular formula is C16H23ClN2O2. The number of rotatable bonds is 7. The number of amides is 2. The molecular weight excluding hydrogens is 288 g/mol. The largest absolute Gasteiger partial charge is 0.396 e. The van der Waals surface area contributed by atoms with E-state index >= 15 is 0 Å². The predicted molar refractivity (Wildman–Crippen MR) is 84.7 cm³/mol. The van der Waals surface area contributed by atoms with Gasteiger partial charge in [-0.2, -0.15) is 0 Å². The Morgan fingerprint density at radius 2 is 2.05 bits per heavy atom. The number of carbonyl (C=O) groups excluding carboxylic acids is 1. The number of hydrogen-bond acceptors (Lipinski definition) is 2. The summed E-state index contributed by atoms with van der Waals surface area (Å²) in [5, 5.41) is 15.5. The van der Waals surface area contributed by atoms with E-state index in [9.17, 15) is 4.79 Å². The number of aliphatic hydroxyl groups excluding tert-OH is 1. The van der Waals surface area contributed by atoms with Crippen molar-refractivity contribution in [3.8, 4) is 0 Å². The van der Waals surface area contributed by atoms with Gasteiger partial charge in [-0.3, -0.25) is 0 Å². The molecule has 5 heteroatoms. The van der Waals surface area contributed by atoms with Gasteiger partial charge >= 0.3 is 6.03 Å². The third-order valence-electron chi connectivity index (χ3n) is 4.20. The fourth-order valence-corrected chi connectivity index (χ4v) is 2.67. The van der Waals surface area contributed by atoms with Gasteiger partial charge in [0.05, 0.1) is 0 Å². The Morgan fingerprint density at radius 3 is 2.57 bits per heavy atom. The molecule has 1 fully saturated rings. The summed E-state index contributed by atoms with van der Waals surface area (Å²) in [6.07, 6.45) is 3.58. The zero-order chi connectivity index (χ0) is 15.3. The topological polar surface area (TPSA) is 61.4 Å². The maximum Gasteiger partial charge on any atom is 0.315 e. The van der Waals surface area contributed by atoms with Crippen LogP contribution in [0.15, 0.2) is 24.3 Å². The molecule has 1 aromatic rings. The van der Waals surface area contributed by atoms with Gasteiger partial charge in [0.2, 0.25) is 0 Å². The Balaban J connectivity index is 1.85. The van der Waals surface area contributed by atoms with E-state index in [1.54, 1.807) is 0 Å². The number of nitrogens with one attached hydrogen (secondary N) is 2. The van der Waals surface area contributed by atoms with E-state index < -0.39 is 0 Å². The zero-order valence-corrected chi connectivity index (χ0v) is 13.1. The first-order valence-electron chi connectivity index (χ1n) is 7.51. The van der Waals surface area contributed by atoms with Crippen molar-refractivity contribution in [1.82, 2.24) is 10.6 Å². The minimum atomic E-state index is -0.157. The third-order valence-corrected chi connectivity index (χ3v) is 4.46. The average Bonchev–Trinajstić information content (AvgIpc) is 3.26. The van der Waals surface area contributed by atoms with Gasteiger partial charge in [-0.25, -0.2) is 4.79 Å². The fourth-order valence-electron chi connectivity index (χ4n) is 2.54. The Bertz CT molecular complexity index is 472. The van der Waals surface area contributed by atoms with Crippen LogP contribution >= 0.6 is 11.6 Å². The molecule has 0 bridgehead atoms. The lowest BCUT2D eigenvalue weighted by molar-refractivity contribution is 0.227. The van der Waals surface area contributed by atoms with Crippen molar-refractivity contribution in [2.75, 3.05) is 13.2 Å². The van der Waals surface area contributed by atoms with Crippen molar-refractivity contribution in [2.45, 2.75) is 44.1 Å². The summed E-state index contributed by atoms with van der Waals surface area (Å²) in [7, 11) is 0. The van der Waals surface area contributed by atoms with Gasteiger partial charge in [0.15, 0.2) is 0 Å². The molecule has 2 rings (SSSR count). The molecule has 1 aromatic carbocycles. The molecule has 0 spiro atoms. The van der Waals surface area contributed by atoms with Gasteiger partial charge in [-0.05, 0) is 43.4 Å². The number of carbonyl (C=O) groups is 1. The Hall–Kier alpha value is -1.26. The summed E-state index contributed by atoms with van der Waals surface area (Å²) in [6, 6.07) is 7.73. The van der Waals surface area contributed by atoms with Crippen LogP contribution in [0, 0.1) is 0 Å². The van der Waals surface area contributed by atoms with Crippen LogP contribution in [0.3, 0.4) is 0 Å². The summed E-state index contributed by atoms with van der Waals surface area (Å²) in [5.74, 6) is 0. The number of urea groups is 1. The van der Waals surface area contributed by atoms with Crippen molar-refractivity contribution >= 4 is 17.6 Å². The maximum atomic E-state index is 11.9. The first-order valence-corrected chi connectivity index (χ1v) is 7.89. The minimum Gasteiger partial charge on any atom is -0.396 e. The molecule has 116 valence electrons. The third kappa shape index (κ3) is 4.35. The molecule has 2 amide bonds. The van der Waals surface area contributed by atoms with E-state index in [0.717, 1.165) is 24.3 Å². The quantitative estimate of drug-likeness (QED) is 0.725. The number of halogens is 1. The smallest absolute Gasteiger partial charge is 0.315 e. The van der Waals surface area contributed by atoms with E-state index in [0.29, 0.717) is 13.0 Å². The number of hydrogen-bond donors (Lipinski definition) is 3. The maximum absolute atomic E-state index is 11.9. The van der Waals surface area contributed by atoms with Crippen LogP contribution in [-0.4, -0.2) is 30.3 Å². The van der Waals surface area contributed by atoms with Crippen LogP contribution < -0.4 is 10.6 Å². The normalized spacial score (nSPS) is 17.1. The van der Waals surface area contributed by atoms with Crippen molar-refractivity contribution < 1.29 is 9.90 Å². The fraction of sp³-hybridized carbons (Fsp3) is 0.562. The molecule has 4 nitrogen and oxygen atoms in total. The van der Waals surface area contributed by atoms with Crippen molar-refractivity contribution in [3.63, 3.8) is 0 Å². The van der Waals surface area contributed by atoms with Gasteiger partial charge in [0, 0.05) is 29.6 Å². The van der Waals surface area contributed by atoms with Gasteiger partial charge in [-0.15, -0.1) is 0 Å². The molecule has 0 aliphatic heterocycles. The molecule has 1 aliphatic rings. The highest BCUT2D eigenvalue weighted by Gasteiger charge is 2.44.